The zero-order valence-electron chi connectivity index (χ0n) is 16.0. The number of nitrogens with zero attached hydrogens (tertiary/aromatic N) is 8. The van der Waals surface area contributed by atoms with Gasteiger partial charge in [-0.1, -0.05) is 6.07 Å². The number of fused-ring (bicyclic) bond motifs is 1. The Morgan fingerprint density at radius 3 is 2.63 bits per heavy atom. The van der Waals surface area contributed by atoms with E-state index in [0.717, 1.165) is 22.0 Å². The second-order valence-electron chi connectivity index (χ2n) is 7.48. The van der Waals surface area contributed by atoms with Crippen LogP contribution in [0.15, 0.2) is 55.1 Å². The third-order valence-corrected chi connectivity index (χ3v) is 5.58. The Bertz CT molecular complexity index is 1310. The van der Waals surface area contributed by atoms with Crippen molar-refractivity contribution in [1.29, 1.82) is 10.5 Å². The van der Waals surface area contributed by atoms with Gasteiger partial charge >= 0.3 is 0 Å². The van der Waals surface area contributed by atoms with Gasteiger partial charge in [0.2, 0.25) is 0 Å². The SMILES string of the molecule is N#CCC1(n2ncc(-c3cc(-c4ncccn4)cc4ncccc34)n2)CC(C#N)C1. The van der Waals surface area contributed by atoms with Gasteiger partial charge < -0.3 is 0 Å². The van der Waals surface area contributed by atoms with Gasteiger partial charge in [-0.05, 0) is 37.1 Å². The molecule has 1 aliphatic rings. The van der Waals surface area contributed by atoms with Crippen LogP contribution in [0, 0.1) is 28.6 Å². The van der Waals surface area contributed by atoms with Gasteiger partial charge in [-0.25, -0.2) is 9.97 Å². The van der Waals surface area contributed by atoms with E-state index in [1.54, 1.807) is 35.7 Å². The van der Waals surface area contributed by atoms with Gasteiger partial charge in [0, 0.05) is 35.1 Å². The van der Waals surface area contributed by atoms with E-state index in [0.29, 0.717) is 24.4 Å². The Balaban J connectivity index is 1.62. The monoisotopic (exact) mass is 392 g/mol. The van der Waals surface area contributed by atoms with Gasteiger partial charge in [0.1, 0.15) is 5.69 Å². The van der Waals surface area contributed by atoms with Crippen molar-refractivity contribution in [3.63, 3.8) is 0 Å². The number of benzene rings is 1. The second kappa shape index (κ2) is 7.02. The molecular formula is C22H16N8. The number of hydrogen-bond donors (Lipinski definition) is 0. The molecule has 0 radical (unpaired) electrons. The molecule has 8 nitrogen and oxygen atoms in total. The first-order valence-electron chi connectivity index (χ1n) is 9.58. The molecule has 0 unspecified atom stereocenters. The van der Waals surface area contributed by atoms with Crippen LogP contribution < -0.4 is 0 Å². The normalized spacial score (nSPS) is 20.3. The Kier molecular flexibility index (Phi) is 4.19. The molecule has 5 rings (SSSR count). The van der Waals surface area contributed by atoms with E-state index in [9.17, 15) is 10.5 Å². The fraction of sp³-hybridized carbons (Fsp3) is 0.227. The highest BCUT2D eigenvalue weighted by Gasteiger charge is 2.48. The molecule has 1 fully saturated rings. The summed E-state index contributed by atoms with van der Waals surface area (Å²) in [5.41, 5.74) is 2.70. The zero-order chi connectivity index (χ0) is 20.6. The van der Waals surface area contributed by atoms with Gasteiger partial charge in [-0.3, -0.25) is 4.98 Å². The van der Waals surface area contributed by atoms with Crippen molar-refractivity contribution in [2.45, 2.75) is 24.8 Å². The maximum atomic E-state index is 9.29. The molecule has 0 N–H and O–H groups in total. The first-order chi connectivity index (χ1) is 14.7. The molecule has 1 aliphatic carbocycles. The van der Waals surface area contributed by atoms with Crippen LogP contribution in [-0.2, 0) is 5.54 Å². The smallest absolute Gasteiger partial charge is 0.159 e. The lowest BCUT2D eigenvalue weighted by Gasteiger charge is -2.42. The average Bonchev–Trinajstić information content (AvgIpc) is 3.26. The van der Waals surface area contributed by atoms with E-state index >= 15 is 0 Å². The summed E-state index contributed by atoms with van der Waals surface area (Å²) in [4.78, 5) is 14.8. The maximum Gasteiger partial charge on any atom is 0.159 e. The van der Waals surface area contributed by atoms with E-state index < -0.39 is 5.54 Å². The minimum Gasteiger partial charge on any atom is -0.256 e. The Hall–Kier alpha value is -4.17. The highest BCUT2D eigenvalue weighted by molar-refractivity contribution is 5.96. The molecule has 0 saturated heterocycles. The first-order valence-corrected chi connectivity index (χ1v) is 9.58. The van der Waals surface area contributed by atoms with Crippen LogP contribution in [0.2, 0.25) is 0 Å². The van der Waals surface area contributed by atoms with Gasteiger partial charge in [-0.2, -0.15) is 25.5 Å². The molecule has 0 spiro atoms. The van der Waals surface area contributed by atoms with Gasteiger partial charge in [0.25, 0.3) is 0 Å². The number of nitriles is 2. The minimum atomic E-state index is -0.512. The van der Waals surface area contributed by atoms with Crippen LogP contribution in [0.1, 0.15) is 19.3 Å². The molecule has 4 aromatic rings. The summed E-state index contributed by atoms with van der Waals surface area (Å²) in [5, 5.41) is 28.6. The largest absolute Gasteiger partial charge is 0.256 e. The van der Waals surface area contributed by atoms with Gasteiger partial charge in [0.05, 0.1) is 41.7 Å². The fourth-order valence-electron chi connectivity index (χ4n) is 4.06. The molecule has 0 amide bonds. The highest BCUT2D eigenvalue weighted by atomic mass is 15.5. The van der Waals surface area contributed by atoms with Crippen LogP contribution in [0.3, 0.4) is 0 Å². The minimum absolute atomic E-state index is 0.0589. The Morgan fingerprint density at radius 1 is 1.07 bits per heavy atom. The summed E-state index contributed by atoms with van der Waals surface area (Å²) in [6.45, 7) is 0. The molecule has 1 aromatic carbocycles. The molecule has 0 aliphatic heterocycles. The molecule has 144 valence electrons. The Labute approximate surface area is 172 Å². The van der Waals surface area contributed by atoms with Crippen molar-refractivity contribution >= 4 is 10.9 Å². The number of rotatable bonds is 4. The Morgan fingerprint density at radius 2 is 1.87 bits per heavy atom. The molecule has 3 heterocycles. The highest BCUT2D eigenvalue weighted by Crippen LogP contribution is 2.45. The van der Waals surface area contributed by atoms with E-state index in [2.05, 4.69) is 32.2 Å². The summed E-state index contributed by atoms with van der Waals surface area (Å²) >= 11 is 0. The van der Waals surface area contributed by atoms with Crippen molar-refractivity contribution in [2.75, 3.05) is 0 Å². The van der Waals surface area contributed by atoms with Gasteiger partial charge in [-0.15, -0.1) is 0 Å². The summed E-state index contributed by atoms with van der Waals surface area (Å²) in [7, 11) is 0. The van der Waals surface area contributed by atoms with Crippen LogP contribution in [-0.4, -0.2) is 29.9 Å². The lowest BCUT2D eigenvalue weighted by atomic mass is 9.68. The lowest BCUT2D eigenvalue weighted by molar-refractivity contribution is 0.0713. The van der Waals surface area contributed by atoms with Crippen molar-refractivity contribution < 1.29 is 0 Å². The molecule has 0 atom stereocenters. The molecule has 0 bridgehead atoms. The van der Waals surface area contributed by atoms with E-state index in [1.165, 1.54) is 0 Å². The number of pyridine rings is 1. The van der Waals surface area contributed by atoms with E-state index in [-0.39, 0.29) is 12.3 Å². The topological polar surface area (TPSA) is 117 Å². The van der Waals surface area contributed by atoms with Crippen molar-refractivity contribution in [1.82, 2.24) is 29.9 Å². The van der Waals surface area contributed by atoms with Crippen molar-refractivity contribution in [2.24, 2.45) is 5.92 Å². The fourth-order valence-corrected chi connectivity index (χ4v) is 4.06. The van der Waals surface area contributed by atoms with Crippen LogP contribution >= 0.6 is 0 Å². The van der Waals surface area contributed by atoms with E-state index in [4.69, 9.17) is 5.10 Å². The zero-order valence-corrected chi connectivity index (χ0v) is 16.0. The van der Waals surface area contributed by atoms with Crippen LogP contribution in [0.5, 0.6) is 0 Å². The van der Waals surface area contributed by atoms with Gasteiger partial charge in [0.15, 0.2) is 5.82 Å². The second-order valence-corrected chi connectivity index (χ2v) is 7.48. The maximum absolute atomic E-state index is 9.29. The molecule has 8 heteroatoms. The average molecular weight is 392 g/mol. The third-order valence-electron chi connectivity index (χ3n) is 5.58. The first kappa shape index (κ1) is 17.9. The predicted molar refractivity (Wildman–Crippen MR) is 108 cm³/mol. The molecule has 3 aromatic heterocycles. The lowest BCUT2D eigenvalue weighted by Crippen LogP contribution is -2.47. The molecular weight excluding hydrogens is 376 g/mol. The van der Waals surface area contributed by atoms with E-state index in [1.807, 2.05) is 24.3 Å². The summed E-state index contributed by atoms with van der Waals surface area (Å²) < 4.78 is 0. The predicted octanol–water partition coefficient (Wildman–Crippen LogP) is 3.49. The number of hydrogen-bond acceptors (Lipinski definition) is 7. The van der Waals surface area contributed by atoms with Crippen molar-refractivity contribution in [3.8, 4) is 34.8 Å². The molecule has 30 heavy (non-hydrogen) atoms. The summed E-state index contributed by atoms with van der Waals surface area (Å²) in [6, 6.07) is 14.1. The standard InChI is InChI=1S/C22H16N8/c23-5-4-22(11-15(12-22)13-24)30-28-14-20(29-30)18-9-16(21-26-7-2-8-27-21)10-19-17(18)3-1-6-25-19/h1-3,6-10,14-15H,4,11-12H2. The van der Waals surface area contributed by atoms with Crippen LogP contribution in [0.4, 0.5) is 0 Å². The third kappa shape index (κ3) is 2.87. The summed E-state index contributed by atoms with van der Waals surface area (Å²) in [5.74, 6) is 0.548. The molecule has 1 saturated carbocycles. The van der Waals surface area contributed by atoms with Crippen molar-refractivity contribution in [3.05, 3.63) is 55.1 Å². The summed E-state index contributed by atoms with van der Waals surface area (Å²) in [6.07, 6.45) is 8.31. The quantitative estimate of drug-likeness (QED) is 0.522. The van der Waals surface area contributed by atoms with Crippen LogP contribution in [0.25, 0.3) is 33.5 Å². The number of aromatic nitrogens is 6.